The molecule has 1 fully saturated rings. The highest BCUT2D eigenvalue weighted by molar-refractivity contribution is 6.36. The number of carbonyl (C=O) groups excluding carboxylic acids is 7. The van der Waals surface area contributed by atoms with E-state index in [2.05, 4.69) is 14.2 Å². The van der Waals surface area contributed by atoms with Gasteiger partial charge >= 0.3 is 29.8 Å². The molecule has 2 N–H and O–H groups in total. The summed E-state index contributed by atoms with van der Waals surface area (Å²) in [6.45, 7) is 14.7. The van der Waals surface area contributed by atoms with Crippen molar-refractivity contribution in [3.05, 3.63) is 0 Å². The number of hydrogen-bond donors (Lipinski definition) is 1. The van der Waals surface area contributed by atoms with E-state index in [0.29, 0.717) is 12.8 Å². The zero-order valence-electron chi connectivity index (χ0n) is 26.7. The van der Waals surface area contributed by atoms with Crippen LogP contribution in [0.3, 0.4) is 0 Å². The Labute approximate surface area is 247 Å². The maximum Gasteiger partial charge on any atom is 0.374 e. The summed E-state index contributed by atoms with van der Waals surface area (Å²) in [5.41, 5.74) is 4.42. The highest BCUT2D eigenvalue weighted by Gasteiger charge is 2.41. The third-order valence-corrected chi connectivity index (χ3v) is 5.23. The molecule has 1 aliphatic rings. The van der Waals surface area contributed by atoms with E-state index in [1.807, 2.05) is 34.6 Å². The SMILES string of the molecule is CC[C@@H](C(=O)OC(C)(C)C)N1CC(C(=O)OC)CC1=O.CC[C@H](N)C(=O)OC(C)(C)C.COC(=O)CC(=O)C(=O)OC. The molecule has 1 aliphatic heterocycles. The third-order valence-electron chi connectivity index (χ3n) is 5.23. The largest absolute Gasteiger partial charge is 0.469 e. The van der Waals surface area contributed by atoms with Crippen LogP contribution in [-0.4, -0.2) is 97.6 Å². The quantitative estimate of drug-likeness (QED) is 0.172. The van der Waals surface area contributed by atoms with Gasteiger partial charge in [-0.1, -0.05) is 13.8 Å². The van der Waals surface area contributed by atoms with Gasteiger partial charge in [-0.25, -0.2) is 9.59 Å². The van der Waals surface area contributed by atoms with E-state index in [-0.39, 0.29) is 24.8 Å². The lowest BCUT2D eigenvalue weighted by Crippen LogP contribution is -2.45. The van der Waals surface area contributed by atoms with Crippen molar-refractivity contribution >= 4 is 41.5 Å². The highest BCUT2D eigenvalue weighted by atomic mass is 16.6. The molecular weight excluding hydrogens is 556 g/mol. The maximum atomic E-state index is 12.1. The molecule has 14 nitrogen and oxygen atoms in total. The van der Waals surface area contributed by atoms with Crippen molar-refractivity contribution in [3.63, 3.8) is 0 Å². The molecule has 42 heavy (non-hydrogen) atoms. The van der Waals surface area contributed by atoms with Crippen LogP contribution in [0.15, 0.2) is 0 Å². The Bertz CT molecular complexity index is 950. The first-order chi connectivity index (χ1) is 19.2. The number of carbonyl (C=O) groups is 7. The maximum absolute atomic E-state index is 12.1. The number of esters is 5. The molecule has 0 bridgehead atoms. The summed E-state index contributed by atoms with van der Waals surface area (Å²) in [5.74, 6) is -4.56. The van der Waals surface area contributed by atoms with Crippen molar-refractivity contribution in [1.29, 1.82) is 0 Å². The lowest BCUT2D eigenvalue weighted by Gasteiger charge is -2.29. The van der Waals surface area contributed by atoms with Gasteiger partial charge < -0.3 is 34.3 Å². The first-order valence-electron chi connectivity index (χ1n) is 13.4. The lowest BCUT2D eigenvalue weighted by atomic mass is 10.1. The van der Waals surface area contributed by atoms with Gasteiger partial charge in [-0.3, -0.25) is 24.0 Å². The van der Waals surface area contributed by atoms with Gasteiger partial charge in [0.15, 0.2) is 0 Å². The van der Waals surface area contributed by atoms with E-state index in [1.54, 1.807) is 20.8 Å². The summed E-state index contributed by atoms with van der Waals surface area (Å²) >= 11 is 0. The zero-order chi connectivity index (χ0) is 33.4. The number of ether oxygens (including phenoxy) is 5. The van der Waals surface area contributed by atoms with Crippen LogP contribution in [0.2, 0.25) is 0 Å². The third kappa shape index (κ3) is 16.7. The second-order valence-corrected chi connectivity index (χ2v) is 11.1. The molecule has 1 rings (SSSR count). The van der Waals surface area contributed by atoms with E-state index in [0.717, 1.165) is 14.2 Å². The Morgan fingerprint density at radius 1 is 0.833 bits per heavy atom. The van der Waals surface area contributed by atoms with Crippen molar-refractivity contribution < 1.29 is 57.2 Å². The summed E-state index contributed by atoms with van der Waals surface area (Å²) in [6.07, 6.45) is 0.596. The summed E-state index contributed by atoms with van der Waals surface area (Å²) < 4.78 is 23.2. The molecule has 242 valence electrons. The Balaban J connectivity index is 0. The number of hydrogen-bond acceptors (Lipinski definition) is 13. The number of ketones is 1. The van der Waals surface area contributed by atoms with E-state index in [9.17, 15) is 33.6 Å². The monoisotopic (exact) mass is 604 g/mol. The molecule has 3 atom stereocenters. The minimum Gasteiger partial charge on any atom is -0.469 e. The first kappa shape index (κ1) is 40.6. The predicted molar refractivity (Wildman–Crippen MR) is 150 cm³/mol. The Morgan fingerprint density at radius 3 is 1.71 bits per heavy atom. The first-order valence-corrected chi connectivity index (χ1v) is 13.4. The molecule has 1 saturated heterocycles. The number of nitrogens with zero attached hydrogens (tertiary/aromatic N) is 1. The standard InChI is InChI=1S/C14H23NO5.C8H17NO2.C6H8O5/c1-6-10(13(18)20-14(2,3)4)15-8-9(7-11(15)16)12(17)19-5;1-5-6(9)7(10)11-8(2,3)4;1-10-5(8)3-4(7)6(9)11-2/h9-10H,6-8H2,1-5H3;6H,5,9H2,1-4H3;3H2,1-2H3/t9?,10-;6-;/m00./s1. The Morgan fingerprint density at radius 2 is 1.33 bits per heavy atom. The summed E-state index contributed by atoms with van der Waals surface area (Å²) in [6, 6.07) is -1.12. The predicted octanol–water partition coefficient (Wildman–Crippen LogP) is 1.49. The lowest BCUT2D eigenvalue weighted by molar-refractivity contribution is -0.164. The second-order valence-electron chi connectivity index (χ2n) is 11.1. The van der Waals surface area contributed by atoms with E-state index in [4.69, 9.17) is 15.2 Å². The number of nitrogens with two attached hydrogens (primary N) is 1. The van der Waals surface area contributed by atoms with E-state index < -0.39 is 65.3 Å². The van der Waals surface area contributed by atoms with Crippen molar-refractivity contribution in [2.24, 2.45) is 11.7 Å². The number of likely N-dealkylation sites (tertiary alicyclic amines) is 1. The molecular formula is C28H48N2O12. The summed E-state index contributed by atoms with van der Waals surface area (Å²) in [4.78, 5) is 79.4. The smallest absolute Gasteiger partial charge is 0.374 e. The van der Waals surface area contributed by atoms with Gasteiger partial charge in [0.25, 0.3) is 5.78 Å². The van der Waals surface area contributed by atoms with Crippen molar-refractivity contribution in [2.75, 3.05) is 27.9 Å². The Hall–Kier alpha value is -3.55. The van der Waals surface area contributed by atoms with Crippen molar-refractivity contribution in [2.45, 2.75) is 104 Å². The molecule has 1 heterocycles. The summed E-state index contributed by atoms with van der Waals surface area (Å²) in [5, 5.41) is 0. The molecule has 0 radical (unpaired) electrons. The Kier molecular flexibility index (Phi) is 18.2. The van der Waals surface area contributed by atoms with Crippen LogP contribution in [0, 0.1) is 5.92 Å². The van der Waals surface area contributed by atoms with Gasteiger partial charge in [-0.2, -0.15) is 0 Å². The van der Waals surface area contributed by atoms with Crippen LogP contribution in [-0.2, 0) is 57.2 Å². The van der Waals surface area contributed by atoms with E-state index >= 15 is 0 Å². The zero-order valence-corrected chi connectivity index (χ0v) is 26.7. The molecule has 0 saturated carbocycles. The fraction of sp³-hybridized carbons (Fsp3) is 0.750. The van der Waals surface area contributed by atoms with Gasteiger partial charge in [-0.15, -0.1) is 0 Å². The fourth-order valence-corrected chi connectivity index (χ4v) is 3.17. The molecule has 0 aromatic carbocycles. The van der Waals surface area contributed by atoms with Gasteiger partial charge in [0.05, 0.1) is 27.2 Å². The number of rotatable bonds is 9. The van der Waals surface area contributed by atoms with Gasteiger partial charge in [0, 0.05) is 13.0 Å². The molecule has 1 amide bonds. The molecule has 0 spiro atoms. The summed E-state index contributed by atoms with van der Waals surface area (Å²) in [7, 11) is 3.49. The van der Waals surface area contributed by atoms with Crippen molar-refractivity contribution in [1.82, 2.24) is 4.90 Å². The van der Waals surface area contributed by atoms with Crippen LogP contribution in [0.1, 0.15) is 81.1 Å². The molecule has 1 unspecified atom stereocenters. The number of methoxy groups -OCH3 is 3. The van der Waals surface area contributed by atoms with Crippen LogP contribution in [0.5, 0.6) is 0 Å². The average molecular weight is 605 g/mol. The molecule has 0 aliphatic carbocycles. The average Bonchev–Trinajstić information content (AvgIpc) is 3.27. The fourth-order valence-electron chi connectivity index (χ4n) is 3.17. The van der Waals surface area contributed by atoms with Crippen LogP contribution in [0.4, 0.5) is 0 Å². The van der Waals surface area contributed by atoms with Crippen molar-refractivity contribution in [3.8, 4) is 0 Å². The van der Waals surface area contributed by atoms with E-state index in [1.165, 1.54) is 12.0 Å². The van der Waals surface area contributed by atoms with Crippen LogP contribution in [0.25, 0.3) is 0 Å². The van der Waals surface area contributed by atoms with Gasteiger partial charge in [0.1, 0.15) is 29.7 Å². The molecule has 14 heteroatoms. The highest BCUT2D eigenvalue weighted by Crippen LogP contribution is 2.24. The molecule has 0 aromatic heterocycles. The van der Waals surface area contributed by atoms with Crippen LogP contribution < -0.4 is 5.73 Å². The normalized spacial score (nSPS) is 15.9. The second kappa shape index (κ2) is 18.8. The molecule has 0 aromatic rings. The van der Waals surface area contributed by atoms with Gasteiger partial charge in [0.2, 0.25) is 5.91 Å². The topological polar surface area (TPSA) is 195 Å². The van der Waals surface area contributed by atoms with Crippen LogP contribution >= 0.6 is 0 Å². The number of amides is 1. The number of Topliss-reactive ketones (excluding diaryl/α,β-unsaturated/α-hetero) is 1. The minimum absolute atomic E-state index is 0.0893. The minimum atomic E-state index is -1.03. The van der Waals surface area contributed by atoms with Gasteiger partial charge in [-0.05, 0) is 54.4 Å².